The van der Waals surface area contributed by atoms with Crippen molar-refractivity contribution < 1.29 is 155 Å². The zero-order chi connectivity index (χ0) is 100. The van der Waals surface area contributed by atoms with E-state index >= 15 is 24.0 Å². The molecule has 138 heavy (non-hydrogen) atoms. The van der Waals surface area contributed by atoms with Gasteiger partial charge in [-0.15, -0.1) is 13.2 Å². The van der Waals surface area contributed by atoms with E-state index in [1.807, 2.05) is 13.8 Å². The quantitative estimate of drug-likeness (QED) is 0.0360. The molecule has 8 aliphatic heterocycles. The summed E-state index contributed by atoms with van der Waals surface area (Å²) in [4.78, 5) is 153. The van der Waals surface area contributed by atoms with Crippen LogP contribution in [0.2, 0.25) is 10.0 Å². The average Bonchev–Trinajstić information content (AvgIpc) is 0.760. The van der Waals surface area contributed by atoms with Gasteiger partial charge in [-0.3, -0.25) is 47.7 Å². The van der Waals surface area contributed by atoms with E-state index in [1.165, 1.54) is 69.6 Å². The number of fused-ring (bicyclic) bond motifs is 15. The highest BCUT2D eigenvalue weighted by Gasteiger charge is 2.54. The Bertz CT molecular complexity index is 5770. The maximum atomic E-state index is 16.7. The van der Waals surface area contributed by atoms with Gasteiger partial charge in [0.05, 0.1) is 52.8 Å². The maximum Gasteiger partial charge on any atom is 0.573 e. The molecule has 7 amide bonds. The van der Waals surface area contributed by atoms with Gasteiger partial charge in [0, 0.05) is 73.3 Å². The number of hydrogen-bond acceptors (Lipinski definition) is 33. The fourth-order valence-corrected chi connectivity index (χ4v) is 17.7. The number of benzene rings is 6. The van der Waals surface area contributed by atoms with Crippen molar-refractivity contribution in [2.24, 2.45) is 23.3 Å². The van der Waals surface area contributed by atoms with Gasteiger partial charge < -0.3 is 147 Å². The minimum absolute atomic E-state index is 0.0250. The molecule has 15 rings (SSSR count). The molecule has 3 saturated heterocycles. The van der Waals surface area contributed by atoms with E-state index in [1.54, 1.807) is 6.92 Å². The van der Waals surface area contributed by atoms with Crippen LogP contribution in [0, 0.1) is 11.8 Å². The second-order valence-corrected chi connectivity index (χ2v) is 36.0. The number of carbonyl (C=O) groups is 9. The van der Waals surface area contributed by atoms with Crippen LogP contribution in [0.3, 0.4) is 0 Å². The fourth-order valence-electron chi connectivity index (χ4n) is 17.2. The number of aryl methyl sites for hydroxylation is 1. The first kappa shape index (κ1) is 104. The number of amides is 7. The number of rotatable bonds is 25. The van der Waals surface area contributed by atoms with Gasteiger partial charge in [-0.05, 0) is 172 Å². The minimum atomic E-state index is -4.98. The molecule has 744 valence electrons. The maximum absolute atomic E-state index is 16.7. The van der Waals surface area contributed by atoms with Gasteiger partial charge >= 0.3 is 12.1 Å². The summed E-state index contributed by atoms with van der Waals surface area (Å²) in [5.74, 6) is -20.0. The lowest BCUT2D eigenvalue weighted by molar-refractivity contribution is -0.351. The highest BCUT2D eigenvalue weighted by molar-refractivity contribution is 6.32. The molecule has 6 aromatic carbocycles. The Morgan fingerprint density at radius 3 is 2.00 bits per heavy atom. The molecular weight excluding hydrogens is 1870 g/mol. The molecule has 8 aliphatic rings. The van der Waals surface area contributed by atoms with E-state index in [0.29, 0.717) is 6.42 Å². The fraction of sp³-hybridized carbons (Fsp3) is 0.467. The van der Waals surface area contributed by atoms with Gasteiger partial charge in [-0.2, -0.15) is 4.98 Å². The zero-order valence-corrected chi connectivity index (χ0v) is 76.4. The van der Waals surface area contributed by atoms with Crippen molar-refractivity contribution in [3.8, 4) is 62.9 Å². The molecule has 0 spiro atoms. The summed E-state index contributed by atoms with van der Waals surface area (Å²) in [6.45, 7) is 7.09. The normalized spacial score (nSPS) is 28.2. The Morgan fingerprint density at radius 2 is 1.37 bits per heavy atom. The second-order valence-electron chi connectivity index (χ2n) is 35.2. The van der Waals surface area contributed by atoms with Crippen LogP contribution in [0.1, 0.15) is 161 Å². The molecule has 7 aromatic rings. The van der Waals surface area contributed by atoms with Crippen LogP contribution < -0.4 is 73.3 Å². The Hall–Kier alpha value is -11.8. The Morgan fingerprint density at radius 1 is 0.710 bits per heavy atom. The van der Waals surface area contributed by atoms with Crippen LogP contribution in [0.5, 0.6) is 51.7 Å². The summed E-state index contributed by atoms with van der Waals surface area (Å²) in [5.41, 5.74) is 8.00. The zero-order valence-electron chi connectivity index (χ0n) is 74.8. The van der Waals surface area contributed by atoms with Crippen molar-refractivity contribution in [3.05, 3.63) is 169 Å². The summed E-state index contributed by atoms with van der Waals surface area (Å²) in [6, 6.07) is 10.2. The van der Waals surface area contributed by atoms with E-state index in [-0.39, 0.29) is 90.3 Å². The molecule has 22 N–H and O–H groups in total. The van der Waals surface area contributed by atoms with Gasteiger partial charge in [0.2, 0.25) is 47.5 Å². The number of Topliss-reactive ketones (excluding diaryl/α,β-unsaturated/α-hetero) is 2. The van der Waals surface area contributed by atoms with E-state index in [4.69, 9.17) is 72.6 Å². The highest BCUT2D eigenvalue weighted by atomic mass is 35.5. The third-order valence-corrected chi connectivity index (χ3v) is 25.0. The second kappa shape index (κ2) is 43.7. The molecule has 46 heteroatoms. The number of nitrogens with two attached hydrogens (primary N) is 2. The van der Waals surface area contributed by atoms with Crippen LogP contribution in [-0.2, 0) is 68.6 Å². The molecule has 3 fully saturated rings. The summed E-state index contributed by atoms with van der Waals surface area (Å²) in [5, 5.41) is 147. The number of aromatic nitrogens is 2. The molecule has 1 aromatic heterocycles. The van der Waals surface area contributed by atoms with E-state index in [0.717, 1.165) is 71.3 Å². The number of halogens is 5. The van der Waals surface area contributed by atoms with Crippen LogP contribution in [0.15, 0.2) is 120 Å². The molecule has 2 unspecified atom stereocenters. The predicted molar refractivity (Wildman–Crippen MR) is 477 cm³/mol. The third-order valence-electron chi connectivity index (χ3n) is 24.5. The molecule has 11 bridgehead atoms. The summed E-state index contributed by atoms with van der Waals surface area (Å²) < 4.78 is 94.8. The van der Waals surface area contributed by atoms with Crippen LogP contribution in [0.25, 0.3) is 11.1 Å². The number of aliphatic hydroxyl groups excluding tert-OH is 8. The number of aromatic hydroxyl groups is 3. The standard InChI is InChI=1S/C92H106Cl2F3N11O30/c1-7-22-101-86(127)69-50-33-46(110)34-55(112)67(50)49-26-41(13-18-54(49)111)48-35-57(114)68-44-30-61(131-58-19-14-42(27-51(58)93)72(116)70(106-85(126)53(100-6)25-38(2)3)56(113)29-45(32-64(98)115)83(124)104-68)79(62(31-44)132-59-20-15-43(28-52(59)94)78(71(87(128)105-69)107-84(48)125)135-66-36-91(5,99)81(122)39(4)130-66)136-89-77(121)75(119)80(63(37-109)134-89)137-88-76(120)74(118)73(117)60(133-88)10-8-9-23-108-24-21-65(103-90(108)129)102-82(123)40-11-16-47(17-12-40)138-92(95,96)97/h11-21,24,26-28,30-31,33-34,38-39,45,48,53,60,63,66,68-78,80-81,88-89,100,109-112,116-122H,7-10,22-23,25,29,32,35-37,99H2,1-6H3,(H2,98,115)(H,101,127)(H,104,124)(H,105,128)(H,106,126)(H,107,125)(H,102,103,123,129)/t39-,45-,48+,53+,60+,63+,66?,68+,69+,70?,71-,72+,73-,74-,75+,76+,77+,78+,80+,81-,88-,89-,91-/m0/s1. The molecule has 0 saturated carbocycles. The average molecular weight is 1970 g/mol. The number of phenols is 3. The SMILES string of the molecule is CCCNC(=O)[C@@H]1NC(=O)[C@H]2NC(=O)[C@H](CC(=O)[C@@H]3NC(=O)[C@H](CC(N)=O)CC(=O)C(NC(=O)[C@@H](CC(C)C)NC)[C@H](O)c4ccc(c(Cl)c4)Oc4cc3cc(c4O[C@@H]3O[C@H](CO)[C@@H](O[C@@H]4O[C@H](CCCCn5ccc(NC(=O)c6ccc(OC(F)(F)F)cc6)nc5=O)[C@H](O)[C@H](O)[C@H]4O)[C@H](O)[C@H]3O)Oc3ccc(cc3Cl)[C@H]2OC2C[C@](C)(N)[C@@H](O)[C@H](C)O2)c2ccc(O)c(c2)-c2c(O)cc(O)cc21. The van der Waals surface area contributed by atoms with Crippen molar-refractivity contribution in [1.29, 1.82) is 0 Å². The van der Waals surface area contributed by atoms with Gasteiger partial charge in [-0.25, -0.2) is 4.79 Å². The number of carbonyl (C=O) groups excluding carboxylic acids is 9. The first-order chi connectivity index (χ1) is 65.3. The first-order valence-electron chi connectivity index (χ1n) is 44.2. The Balaban J connectivity index is 0.915. The number of nitrogens with one attached hydrogen (secondary N) is 7. The lowest BCUT2D eigenvalue weighted by atomic mass is 9.84. The first-order valence-corrected chi connectivity index (χ1v) is 44.9. The van der Waals surface area contributed by atoms with E-state index < -0.39 is 303 Å². The van der Waals surface area contributed by atoms with Crippen LogP contribution in [0.4, 0.5) is 19.0 Å². The Kier molecular flexibility index (Phi) is 32.8. The van der Waals surface area contributed by atoms with E-state index in [9.17, 15) is 93.3 Å². The van der Waals surface area contributed by atoms with Gasteiger partial charge in [0.15, 0.2) is 35.6 Å². The van der Waals surface area contributed by atoms with E-state index in [2.05, 4.69) is 46.9 Å². The molecule has 9 heterocycles. The van der Waals surface area contributed by atoms with Gasteiger partial charge in [-0.1, -0.05) is 62.2 Å². The van der Waals surface area contributed by atoms with Crippen molar-refractivity contribution >= 4 is 81.9 Å². The number of unbranched alkanes of at least 4 members (excludes halogenated alkanes) is 1. The van der Waals surface area contributed by atoms with Gasteiger partial charge in [0.25, 0.3) is 5.91 Å². The third kappa shape index (κ3) is 23.8. The number of alkyl halides is 3. The van der Waals surface area contributed by atoms with Crippen molar-refractivity contribution in [2.45, 2.75) is 239 Å². The topological polar surface area (TPSA) is 630 Å². The number of hydrogen-bond donors (Lipinski definition) is 20. The minimum Gasteiger partial charge on any atom is -0.508 e. The largest absolute Gasteiger partial charge is 0.573 e. The Labute approximate surface area is 794 Å². The number of ether oxygens (including phenoxy) is 9. The number of nitrogens with zero attached hydrogens (tertiary/aromatic N) is 2. The molecule has 23 atom stereocenters. The number of aliphatic hydroxyl groups is 8. The molecule has 0 aliphatic carbocycles. The smallest absolute Gasteiger partial charge is 0.508 e. The van der Waals surface area contributed by atoms with Crippen LogP contribution in [-0.4, -0.2) is 249 Å². The molecular formula is C92H106Cl2F3N11O30. The highest BCUT2D eigenvalue weighted by Crippen LogP contribution is 2.51. The van der Waals surface area contributed by atoms with Gasteiger partial charge in [0.1, 0.15) is 119 Å². The van der Waals surface area contributed by atoms with Crippen LogP contribution >= 0.6 is 23.2 Å². The number of ketones is 2. The van der Waals surface area contributed by atoms with Crippen molar-refractivity contribution in [3.63, 3.8) is 0 Å². The summed E-state index contributed by atoms with van der Waals surface area (Å²) in [7, 11) is 1.47. The number of phenolic OH excluding ortho intramolecular Hbond substituents is 3. The molecule has 0 radical (unpaired) electrons. The lowest BCUT2D eigenvalue weighted by Gasteiger charge is -2.46. The monoisotopic (exact) mass is 1970 g/mol. The summed E-state index contributed by atoms with van der Waals surface area (Å²) in [6.07, 6.45) is -34.9. The lowest BCUT2D eigenvalue weighted by Crippen LogP contribution is -2.64. The number of likely N-dealkylation sites (N-methyl/N-ethyl adjacent to an activating group) is 1. The number of primary amides is 1. The summed E-state index contributed by atoms with van der Waals surface area (Å²) >= 11 is 14.6. The molecule has 41 nitrogen and oxygen atoms in total. The predicted octanol–water partition coefficient (Wildman–Crippen LogP) is 3.93. The van der Waals surface area contributed by atoms with Crippen molar-refractivity contribution in [1.82, 2.24) is 41.5 Å². The van der Waals surface area contributed by atoms with Crippen molar-refractivity contribution in [2.75, 3.05) is 25.5 Å². The number of anilines is 1.